The molecule has 112 valence electrons. The predicted octanol–water partition coefficient (Wildman–Crippen LogP) is 2.17. The van der Waals surface area contributed by atoms with E-state index in [2.05, 4.69) is 5.10 Å². The predicted molar refractivity (Wildman–Crippen MR) is 67.2 cm³/mol. The van der Waals surface area contributed by atoms with Crippen LogP contribution < -0.4 is 0 Å². The molecule has 0 unspecified atom stereocenters. The van der Waals surface area contributed by atoms with Crippen molar-refractivity contribution in [3.05, 3.63) is 17.5 Å². The van der Waals surface area contributed by atoms with E-state index in [1.165, 1.54) is 12.6 Å². The van der Waals surface area contributed by atoms with Gasteiger partial charge in [0, 0.05) is 25.7 Å². The van der Waals surface area contributed by atoms with Crippen LogP contribution in [0.2, 0.25) is 0 Å². The molecule has 1 aromatic heterocycles. The van der Waals surface area contributed by atoms with Crippen LogP contribution in [-0.4, -0.2) is 40.4 Å². The van der Waals surface area contributed by atoms with E-state index in [-0.39, 0.29) is 6.42 Å². The molecule has 1 aromatic rings. The number of amides is 1. The van der Waals surface area contributed by atoms with Gasteiger partial charge in [0.05, 0.1) is 6.20 Å². The molecule has 0 aromatic carbocycles. The third-order valence-electron chi connectivity index (χ3n) is 3.52. The number of aromatic nitrogens is 2. The minimum absolute atomic E-state index is 0.0424. The maximum absolute atomic E-state index is 12.2. The summed E-state index contributed by atoms with van der Waals surface area (Å²) in [4.78, 5) is 12.4. The van der Waals surface area contributed by atoms with E-state index in [1.54, 1.807) is 10.9 Å². The Hall–Kier alpha value is -1.53. The molecular weight excluding hydrogens is 271 g/mol. The Bertz CT molecular complexity index is 482. The molecule has 20 heavy (non-hydrogen) atoms. The Balaban J connectivity index is 1.89. The summed E-state index contributed by atoms with van der Waals surface area (Å²) in [5.74, 6) is -0.512. The van der Waals surface area contributed by atoms with E-state index in [0.29, 0.717) is 6.54 Å². The maximum atomic E-state index is 12.2. The number of aryl methyl sites for hydroxylation is 2. The number of rotatable bonds is 4. The molecule has 1 amide bonds. The number of hydrogen-bond donors (Lipinski definition) is 0. The van der Waals surface area contributed by atoms with Gasteiger partial charge in [-0.1, -0.05) is 0 Å². The zero-order chi connectivity index (χ0) is 14.8. The summed E-state index contributed by atoms with van der Waals surface area (Å²) in [5, 5.41) is 4.23. The summed E-state index contributed by atoms with van der Waals surface area (Å²) >= 11 is 0. The van der Waals surface area contributed by atoms with Crippen molar-refractivity contribution in [2.24, 2.45) is 0 Å². The molecule has 0 aliphatic heterocycles. The number of carbonyl (C=O) groups is 1. The zero-order valence-electron chi connectivity index (χ0n) is 11.4. The molecule has 1 heterocycles. The van der Waals surface area contributed by atoms with Crippen LogP contribution in [0.25, 0.3) is 0 Å². The number of carbonyl (C=O) groups excluding carboxylic acids is 1. The van der Waals surface area contributed by atoms with E-state index >= 15 is 0 Å². The standard InChI is InChI=1S/C13H18F3N3O/c1-18(9-13(14,15)16)12(20)6-7-19-11-5-3-2-4-10(11)8-17-19/h8H,2-7,9H2,1H3. The third-order valence-corrected chi connectivity index (χ3v) is 3.52. The fraction of sp³-hybridized carbons (Fsp3) is 0.692. The van der Waals surface area contributed by atoms with Crippen molar-refractivity contribution in [3.8, 4) is 0 Å². The van der Waals surface area contributed by atoms with Crippen molar-refractivity contribution in [3.63, 3.8) is 0 Å². The average molecular weight is 289 g/mol. The fourth-order valence-corrected chi connectivity index (χ4v) is 2.50. The number of halogens is 3. The second-order valence-electron chi connectivity index (χ2n) is 5.16. The first-order chi connectivity index (χ1) is 9.37. The van der Waals surface area contributed by atoms with Gasteiger partial charge in [-0.2, -0.15) is 18.3 Å². The lowest BCUT2D eigenvalue weighted by atomic mass is 9.98. The number of fused-ring (bicyclic) bond motifs is 1. The molecule has 0 bridgehead atoms. The second kappa shape index (κ2) is 5.85. The number of nitrogens with zero attached hydrogens (tertiary/aromatic N) is 3. The van der Waals surface area contributed by atoms with Gasteiger partial charge in [-0.15, -0.1) is 0 Å². The lowest BCUT2D eigenvalue weighted by Crippen LogP contribution is -2.36. The summed E-state index contributed by atoms with van der Waals surface area (Å²) in [7, 11) is 1.17. The molecule has 0 radical (unpaired) electrons. The molecule has 0 spiro atoms. The number of hydrogen-bond acceptors (Lipinski definition) is 2. The van der Waals surface area contributed by atoms with Gasteiger partial charge in [0.1, 0.15) is 6.54 Å². The molecule has 0 saturated carbocycles. The zero-order valence-corrected chi connectivity index (χ0v) is 11.4. The molecule has 0 N–H and O–H groups in total. The third kappa shape index (κ3) is 3.74. The van der Waals surface area contributed by atoms with Gasteiger partial charge < -0.3 is 4.90 Å². The average Bonchev–Trinajstić information content (AvgIpc) is 2.77. The van der Waals surface area contributed by atoms with Gasteiger partial charge in [0.15, 0.2) is 0 Å². The van der Waals surface area contributed by atoms with Crippen molar-refractivity contribution in [1.29, 1.82) is 0 Å². The summed E-state index contributed by atoms with van der Waals surface area (Å²) in [5.41, 5.74) is 2.33. The SMILES string of the molecule is CN(CC(F)(F)F)C(=O)CCn1ncc2c1CCCC2. The highest BCUT2D eigenvalue weighted by molar-refractivity contribution is 5.75. The van der Waals surface area contributed by atoms with Gasteiger partial charge in [-0.05, 0) is 31.2 Å². The van der Waals surface area contributed by atoms with Crippen molar-refractivity contribution < 1.29 is 18.0 Å². The van der Waals surface area contributed by atoms with Gasteiger partial charge in [0.2, 0.25) is 5.91 Å². The van der Waals surface area contributed by atoms with E-state index in [0.717, 1.165) is 36.3 Å². The molecule has 0 saturated heterocycles. The Kier molecular flexibility index (Phi) is 4.35. The highest BCUT2D eigenvalue weighted by Gasteiger charge is 2.31. The highest BCUT2D eigenvalue weighted by Crippen LogP contribution is 2.21. The fourth-order valence-electron chi connectivity index (χ4n) is 2.50. The Morgan fingerprint density at radius 2 is 2.10 bits per heavy atom. The molecule has 1 aliphatic rings. The van der Waals surface area contributed by atoms with Crippen LogP contribution in [0.3, 0.4) is 0 Å². The molecule has 7 heteroatoms. The molecular formula is C13H18F3N3O. The highest BCUT2D eigenvalue weighted by atomic mass is 19.4. The Morgan fingerprint density at radius 3 is 2.80 bits per heavy atom. The first-order valence-electron chi connectivity index (χ1n) is 6.71. The van der Waals surface area contributed by atoms with Crippen LogP contribution in [0.5, 0.6) is 0 Å². The smallest absolute Gasteiger partial charge is 0.337 e. The van der Waals surface area contributed by atoms with Crippen LogP contribution in [0.1, 0.15) is 30.5 Å². The lowest BCUT2D eigenvalue weighted by Gasteiger charge is -2.19. The van der Waals surface area contributed by atoms with Crippen molar-refractivity contribution in [2.75, 3.05) is 13.6 Å². The Labute approximate surface area is 115 Å². The largest absolute Gasteiger partial charge is 0.406 e. The summed E-state index contributed by atoms with van der Waals surface area (Å²) in [6.07, 6.45) is 1.67. The van der Waals surface area contributed by atoms with Crippen molar-refractivity contribution in [2.45, 2.75) is 44.8 Å². The summed E-state index contributed by atoms with van der Waals surface area (Å²) in [6.45, 7) is -0.862. The first kappa shape index (κ1) is 14.9. The molecule has 2 rings (SSSR count). The summed E-state index contributed by atoms with van der Waals surface area (Å²) < 4.78 is 38.3. The van der Waals surface area contributed by atoms with Crippen molar-refractivity contribution in [1.82, 2.24) is 14.7 Å². The quantitative estimate of drug-likeness (QED) is 0.852. The van der Waals surface area contributed by atoms with E-state index in [9.17, 15) is 18.0 Å². The van der Waals surface area contributed by atoms with Crippen LogP contribution >= 0.6 is 0 Å². The van der Waals surface area contributed by atoms with E-state index < -0.39 is 18.6 Å². The number of alkyl halides is 3. The molecule has 4 nitrogen and oxygen atoms in total. The summed E-state index contributed by atoms with van der Waals surface area (Å²) in [6, 6.07) is 0. The normalized spacial score (nSPS) is 15.0. The molecule has 1 aliphatic carbocycles. The van der Waals surface area contributed by atoms with Crippen LogP contribution in [0.15, 0.2) is 6.20 Å². The van der Waals surface area contributed by atoms with Gasteiger partial charge in [-0.3, -0.25) is 9.48 Å². The monoisotopic (exact) mass is 289 g/mol. The molecule has 0 atom stereocenters. The lowest BCUT2D eigenvalue weighted by molar-refractivity contribution is -0.158. The van der Waals surface area contributed by atoms with Crippen LogP contribution in [0, 0.1) is 0 Å². The van der Waals surface area contributed by atoms with Gasteiger partial charge in [-0.25, -0.2) is 0 Å². The van der Waals surface area contributed by atoms with Crippen molar-refractivity contribution >= 4 is 5.91 Å². The van der Waals surface area contributed by atoms with Gasteiger partial charge >= 0.3 is 6.18 Å². The maximum Gasteiger partial charge on any atom is 0.406 e. The topological polar surface area (TPSA) is 38.1 Å². The minimum atomic E-state index is -4.35. The van der Waals surface area contributed by atoms with Gasteiger partial charge in [0.25, 0.3) is 0 Å². The van der Waals surface area contributed by atoms with Crippen LogP contribution in [-0.2, 0) is 24.2 Å². The molecule has 0 fully saturated rings. The second-order valence-corrected chi connectivity index (χ2v) is 5.16. The van der Waals surface area contributed by atoms with E-state index in [4.69, 9.17) is 0 Å². The first-order valence-corrected chi connectivity index (χ1v) is 6.71. The Morgan fingerprint density at radius 1 is 1.40 bits per heavy atom. The van der Waals surface area contributed by atoms with Crippen LogP contribution in [0.4, 0.5) is 13.2 Å². The van der Waals surface area contributed by atoms with E-state index in [1.807, 2.05) is 0 Å². The minimum Gasteiger partial charge on any atom is -0.337 e.